The zero-order chi connectivity index (χ0) is 49.9. The van der Waals surface area contributed by atoms with Crippen LogP contribution < -0.4 is 5.11 Å². The van der Waals surface area contributed by atoms with Gasteiger partial charge >= 0.3 is 5.97 Å². The predicted octanol–water partition coefficient (Wildman–Crippen LogP) is 8.38. The summed E-state index contributed by atoms with van der Waals surface area (Å²) in [7, 11) is 0. The Morgan fingerprint density at radius 1 is 0.671 bits per heavy atom. The Hall–Kier alpha value is -3.50. The Bertz CT molecular complexity index is 1750. The number of aliphatic hydroxyl groups is 4. The van der Waals surface area contributed by atoms with Crippen LogP contribution in [0.15, 0.2) is 85.5 Å². The number of allylic oxidation sites excluding steroid dienone is 3. The zero-order valence-electron chi connectivity index (χ0n) is 41.6. The first-order chi connectivity index (χ1) is 34.0. The van der Waals surface area contributed by atoms with Gasteiger partial charge in [-0.1, -0.05) is 78.9 Å². The SMILES string of the molecule is C=CCCCC(=O)[O-].O=C(O)CCC/C=C\C[C@@H]1[C@@H](CC[C@H](CCc2ccccc2)OC2CCCCO2)[C@H](O)C[C@@H]1O.OC1C[C@@H]2[C@@H](CC[C@H](CCc3ccccc3)OC3CCCCO3)[C@H](O)C[C@@H]2O1. The first-order valence-electron chi connectivity index (χ1n) is 26.7. The highest BCUT2D eigenvalue weighted by Crippen LogP contribution is 2.45. The third kappa shape index (κ3) is 21.3. The molecular formula is C57H85O13-. The highest BCUT2D eigenvalue weighted by atomic mass is 16.7. The lowest BCUT2D eigenvalue weighted by atomic mass is 9.85. The van der Waals surface area contributed by atoms with Gasteiger partial charge in [0.25, 0.3) is 0 Å². The molecule has 5 N–H and O–H groups in total. The molecule has 2 aliphatic carbocycles. The van der Waals surface area contributed by atoms with Crippen molar-refractivity contribution >= 4 is 11.9 Å². The van der Waals surface area contributed by atoms with E-state index in [1.807, 2.05) is 24.3 Å². The number of aliphatic hydroxyl groups excluding tert-OH is 4. The van der Waals surface area contributed by atoms with Crippen LogP contribution in [0.4, 0.5) is 0 Å². The number of ether oxygens (including phenoxy) is 5. The molecule has 3 aliphatic heterocycles. The number of carbonyl (C=O) groups is 2. The van der Waals surface area contributed by atoms with E-state index in [0.717, 1.165) is 116 Å². The van der Waals surface area contributed by atoms with Crippen molar-refractivity contribution in [2.45, 2.75) is 210 Å². The summed E-state index contributed by atoms with van der Waals surface area (Å²) in [5.74, 6) is -1.24. The molecule has 13 nitrogen and oxygen atoms in total. The number of carboxylic acids is 2. The molecule has 2 aromatic rings. The van der Waals surface area contributed by atoms with Gasteiger partial charge in [-0.05, 0) is 170 Å². The molecule has 0 bridgehead atoms. The summed E-state index contributed by atoms with van der Waals surface area (Å²) in [5.41, 5.74) is 2.62. The number of hydrogen-bond acceptors (Lipinski definition) is 12. The number of hydrogen-bond donors (Lipinski definition) is 5. The molecule has 3 heterocycles. The third-order valence-electron chi connectivity index (χ3n) is 14.8. The summed E-state index contributed by atoms with van der Waals surface area (Å²) in [6.07, 6.45) is 22.8. The molecule has 0 spiro atoms. The Balaban J connectivity index is 0.000000228. The van der Waals surface area contributed by atoms with E-state index >= 15 is 0 Å². The quantitative estimate of drug-likeness (QED) is 0.0445. The largest absolute Gasteiger partial charge is 0.550 e. The Kier molecular flexibility index (Phi) is 26.7. The fourth-order valence-electron chi connectivity index (χ4n) is 10.9. The molecule has 392 valence electrons. The van der Waals surface area contributed by atoms with Crippen molar-refractivity contribution in [2.24, 2.45) is 23.7 Å². The lowest BCUT2D eigenvalue weighted by molar-refractivity contribution is -0.305. The van der Waals surface area contributed by atoms with E-state index in [0.29, 0.717) is 38.5 Å². The van der Waals surface area contributed by atoms with Crippen LogP contribution in [0, 0.1) is 23.7 Å². The summed E-state index contributed by atoms with van der Waals surface area (Å²) in [6.45, 7) is 4.99. The van der Waals surface area contributed by atoms with Crippen LogP contribution in [0.25, 0.3) is 0 Å². The minimum atomic E-state index is -0.980. The van der Waals surface area contributed by atoms with Gasteiger partial charge in [0.1, 0.15) is 0 Å². The maximum Gasteiger partial charge on any atom is 0.303 e. The van der Waals surface area contributed by atoms with E-state index in [-0.39, 0.29) is 73.5 Å². The van der Waals surface area contributed by atoms with Gasteiger partial charge in [0, 0.05) is 38.4 Å². The first kappa shape index (κ1) is 57.4. The van der Waals surface area contributed by atoms with Crippen LogP contribution in [0.5, 0.6) is 0 Å². The zero-order valence-corrected chi connectivity index (χ0v) is 41.6. The fraction of sp³-hybridized carbons (Fsp3) is 0.684. The van der Waals surface area contributed by atoms with Crippen molar-refractivity contribution in [2.75, 3.05) is 13.2 Å². The number of benzene rings is 2. The highest BCUT2D eigenvalue weighted by Gasteiger charge is 2.48. The fourth-order valence-corrected chi connectivity index (χ4v) is 10.9. The second kappa shape index (κ2) is 32.5. The summed E-state index contributed by atoms with van der Waals surface area (Å²) in [6, 6.07) is 21.0. The normalized spacial score (nSPS) is 29.3. The van der Waals surface area contributed by atoms with E-state index in [9.17, 15) is 35.1 Å². The van der Waals surface area contributed by atoms with E-state index in [1.165, 1.54) is 11.1 Å². The van der Waals surface area contributed by atoms with E-state index in [2.05, 4.69) is 55.1 Å². The summed E-state index contributed by atoms with van der Waals surface area (Å²) >= 11 is 0. The van der Waals surface area contributed by atoms with Crippen molar-refractivity contribution in [1.82, 2.24) is 0 Å². The topological polar surface area (TPSA) is 204 Å². The van der Waals surface area contributed by atoms with Crippen molar-refractivity contribution in [3.8, 4) is 0 Å². The second-order valence-corrected chi connectivity index (χ2v) is 20.1. The minimum absolute atomic E-state index is 0.0142. The molecule has 7 rings (SSSR count). The van der Waals surface area contributed by atoms with Crippen LogP contribution in [0.2, 0.25) is 0 Å². The molecule has 13 heteroatoms. The van der Waals surface area contributed by atoms with Crippen LogP contribution >= 0.6 is 0 Å². The molecule has 70 heavy (non-hydrogen) atoms. The Morgan fingerprint density at radius 2 is 1.21 bits per heavy atom. The van der Waals surface area contributed by atoms with E-state index in [1.54, 1.807) is 6.08 Å². The molecule has 2 aromatic carbocycles. The van der Waals surface area contributed by atoms with Crippen LogP contribution in [-0.2, 0) is 46.1 Å². The lowest BCUT2D eigenvalue weighted by Crippen LogP contribution is -2.30. The number of rotatable bonds is 26. The molecule has 5 fully saturated rings. The first-order valence-corrected chi connectivity index (χ1v) is 26.7. The monoisotopic (exact) mass is 978 g/mol. The maximum absolute atomic E-state index is 10.7. The van der Waals surface area contributed by atoms with Crippen LogP contribution in [0.1, 0.15) is 152 Å². The number of unbranched alkanes of at least 4 members (excludes halogenated alkanes) is 2. The molecule has 2 saturated carbocycles. The summed E-state index contributed by atoms with van der Waals surface area (Å²) in [5, 5.41) is 60.0. The van der Waals surface area contributed by atoms with Crippen molar-refractivity contribution < 1.29 is 63.9 Å². The molecule has 0 aromatic heterocycles. The Morgan fingerprint density at radius 3 is 1.74 bits per heavy atom. The molecule has 3 unspecified atom stereocenters. The van der Waals surface area contributed by atoms with Crippen molar-refractivity contribution in [3.05, 3.63) is 96.6 Å². The van der Waals surface area contributed by atoms with Crippen molar-refractivity contribution in [1.29, 1.82) is 0 Å². The maximum atomic E-state index is 10.7. The van der Waals surface area contributed by atoms with Gasteiger partial charge in [0.05, 0.1) is 36.6 Å². The average molecular weight is 978 g/mol. The summed E-state index contributed by atoms with van der Waals surface area (Å²) in [4.78, 5) is 20.4. The molecule has 13 atom stereocenters. The molecule has 3 saturated heterocycles. The average Bonchev–Trinajstić information content (AvgIpc) is 3.96. The van der Waals surface area contributed by atoms with E-state index < -0.39 is 30.4 Å². The van der Waals surface area contributed by atoms with Gasteiger partial charge in [0.15, 0.2) is 18.9 Å². The Labute approximate surface area is 417 Å². The van der Waals surface area contributed by atoms with Crippen molar-refractivity contribution in [3.63, 3.8) is 0 Å². The molecule has 0 radical (unpaired) electrons. The van der Waals surface area contributed by atoms with Gasteiger partial charge < -0.3 is 59.1 Å². The standard InChI is InChI=1S/C28H42O6.C23H34O5.C6H10O2/c29-25-20-26(30)24(23(25)12-6-1-2-7-13-27(31)32)18-17-22(34-28-14-8-9-19-33-28)16-15-21-10-4-3-5-11-21;24-20-15-21-19(14-22(25)28-21)18(20)12-11-17(27-23-8-4-5-13-26-23)10-9-16-6-2-1-3-7-16;1-2-3-4-5-6(7)8/h1,3-6,10-11,22-26,28-30H,2,7-9,12-20H2,(H,31,32);1-3,6-7,17-25H,4-5,8-15H2;2H,1,3-5H2,(H,7,8)/p-1/b6-1-;;/t22-,23+,24+,25-,26+,28?;17-,18+,19+,20+,21-,22?,23?;/m00./s1. The number of aryl methyl sites for hydroxylation is 2. The highest BCUT2D eigenvalue weighted by molar-refractivity contribution is 5.66. The molecule has 0 amide bonds. The molecule has 5 aliphatic rings. The van der Waals surface area contributed by atoms with Crippen LogP contribution in [0.3, 0.4) is 0 Å². The van der Waals surface area contributed by atoms with E-state index in [4.69, 9.17) is 28.8 Å². The van der Waals surface area contributed by atoms with Gasteiger partial charge in [-0.15, -0.1) is 6.58 Å². The number of carbonyl (C=O) groups excluding carboxylic acids is 1. The third-order valence-corrected chi connectivity index (χ3v) is 14.8. The smallest absolute Gasteiger partial charge is 0.303 e. The molecular weight excluding hydrogens is 893 g/mol. The van der Waals surface area contributed by atoms with Gasteiger partial charge in [-0.3, -0.25) is 4.79 Å². The number of aliphatic carboxylic acids is 2. The lowest BCUT2D eigenvalue weighted by Gasteiger charge is -2.30. The van der Waals surface area contributed by atoms with Gasteiger partial charge in [-0.25, -0.2) is 0 Å². The number of carboxylic acid groups (broad SMARTS) is 2. The minimum Gasteiger partial charge on any atom is -0.550 e. The van der Waals surface area contributed by atoms with Gasteiger partial charge in [-0.2, -0.15) is 0 Å². The van der Waals surface area contributed by atoms with Gasteiger partial charge in [0.2, 0.25) is 0 Å². The van der Waals surface area contributed by atoms with Crippen LogP contribution in [-0.4, -0.2) is 106 Å². The number of fused-ring (bicyclic) bond motifs is 1. The summed E-state index contributed by atoms with van der Waals surface area (Å²) < 4.78 is 30.0. The second-order valence-electron chi connectivity index (χ2n) is 20.1. The predicted molar refractivity (Wildman–Crippen MR) is 266 cm³/mol.